The Hall–Kier alpha value is -5.92. The molecule has 0 radical (unpaired) electrons. The van der Waals surface area contributed by atoms with Crippen molar-refractivity contribution < 1.29 is 9.90 Å². The lowest BCUT2D eigenvalue weighted by atomic mass is 9.84. The number of fused-ring (bicyclic) bond motifs is 5. The van der Waals surface area contributed by atoms with Crippen molar-refractivity contribution in [3.63, 3.8) is 0 Å². The molecule has 0 N–H and O–H groups in total. The van der Waals surface area contributed by atoms with Crippen molar-refractivity contribution in [2.75, 3.05) is 0 Å². The second kappa shape index (κ2) is 10.4. The van der Waals surface area contributed by atoms with Crippen molar-refractivity contribution in [2.24, 2.45) is 0 Å². The van der Waals surface area contributed by atoms with Crippen LogP contribution in [-0.2, 0) is 0 Å². The average Bonchev–Trinajstić information content (AvgIpc) is 3.53. The molecule has 9 aromatic rings. The summed E-state index contributed by atoms with van der Waals surface area (Å²) in [6.45, 7) is 0. The maximum atomic E-state index is 9.50. The highest BCUT2D eigenvalue weighted by Crippen LogP contribution is 2.47. The molecule has 0 fully saturated rings. The SMILES string of the molecule is [2H]c1c([2H])c(-c2ccccc2)c([2H])c(-c2c3ccccc3c(-c3cc(-c4ccccc4)c4c(c3)oc3ccccc34)c3ccccc23)c1[2H]. The summed E-state index contributed by atoms with van der Waals surface area (Å²) in [5.41, 5.74) is 7.95. The van der Waals surface area contributed by atoms with E-state index in [4.69, 9.17) is 8.53 Å². The van der Waals surface area contributed by atoms with E-state index in [0.29, 0.717) is 16.7 Å². The summed E-state index contributed by atoms with van der Waals surface area (Å²) >= 11 is 0. The summed E-state index contributed by atoms with van der Waals surface area (Å²) in [6, 6.07) is 48.2. The van der Waals surface area contributed by atoms with E-state index >= 15 is 0 Å². The van der Waals surface area contributed by atoms with Gasteiger partial charge in [0.25, 0.3) is 0 Å². The summed E-state index contributed by atoms with van der Waals surface area (Å²) in [5.74, 6) is 0. The molecule has 1 heteroatoms. The van der Waals surface area contributed by atoms with Crippen LogP contribution in [0.1, 0.15) is 5.48 Å². The minimum absolute atomic E-state index is 0.0790. The third-order valence-corrected chi connectivity index (χ3v) is 8.72. The van der Waals surface area contributed by atoms with Crippen molar-refractivity contribution in [3.05, 3.63) is 170 Å². The van der Waals surface area contributed by atoms with Crippen molar-refractivity contribution >= 4 is 43.5 Å². The topological polar surface area (TPSA) is 13.1 Å². The van der Waals surface area contributed by atoms with Gasteiger partial charge in [-0.2, -0.15) is 0 Å². The van der Waals surface area contributed by atoms with E-state index in [1.165, 1.54) is 0 Å². The van der Waals surface area contributed by atoms with E-state index in [1.54, 1.807) is 0 Å². The van der Waals surface area contributed by atoms with E-state index in [1.807, 2.05) is 91.0 Å². The third-order valence-electron chi connectivity index (χ3n) is 8.72. The molecule has 0 saturated heterocycles. The maximum absolute atomic E-state index is 9.50. The molecule has 0 amide bonds. The number of hydrogen-bond acceptors (Lipinski definition) is 1. The van der Waals surface area contributed by atoms with Crippen LogP contribution in [0, 0.1) is 0 Å². The molecule has 1 aromatic heterocycles. The summed E-state index contributed by atoms with van der Waals surface area (Å²) < 4.78 is 42.9. The number of furan rings is 1. The molecular formula is C44H28O. The number of rotatable bonds is 4. The van der Waals surface area contributed by atoms with Crippen LogP contribution in [0.2, 0.25) is 0 Å². The lowest BCUT2D eigenvalue weighted by Crippen LogP contribution is -1.92. The summed E-state index contributed by atoms with van der Waals surface area (Å²) in [7, 11) is 0. The lowest BCUT2D eigenvalue weighted by molar-refractivity contribution is 0.669. The van der Waals surface area contributed by atoms with Gasteiger partial charge in [-0.1, -0.05) is 146 Å². The molecule has 0 aliphatic carbocycles. The first-order valence-electron chi connectivity index (χ1n) is 17.1. The highest BCUT2D eigenvalue weighted by Gasteiger charge is 2.20. The summed E-state index contributed by atoms with van der Waals surface area (Å²) in [6.07, 6.45) is 0. The smallest absolute Gasteiger partial charge is 0.136 e. The highest BCUT2D eigenvalue weighted by atomic mass is 16.3. The average molecular weight is 577 g/mol. The largest absolute Gasteiger partial charge is 0.456 e. The first-order valence-corrected chi connectivity index (χ1v) is 15.1. The molecule has 0 saturated carbocycles. The van der Waals surface area contributed by atoms with Gasteiger partial charge in [0.05, 0.1) is 5.48 Å². The molecule has 0 spiro atoms. The van der Waals surface area contributed by atoms with Gasteiger partial charge in [0, 0.05) is 10.8 Å². The van der Waals surface area contributed by atoms with Crippen LogP contribution in [0.5, 0.6) is 0 Å². The number of para-hydroxylation sites is 1. The van der Waals surface area contributed by atoms with Gasteiger partial charge in [0.2, 0.25) is 0 Å². The Balaban J connectivity index is 1.42. The predicted molar refractivity (Wildman–Crippen MR) is 190 cm³/mol. The highest BCUT2D eigenvalue weighted by molar-refractivity contribution is 6.23. The fraction of sp³-hybridized carbons (Fsp3) is 0. The Kier molecular flexibility index (Phi) is 5.00. The molecule has 0 atom stereocenters. The quantitative estimate of drug-likeness (QED) is 0.190. The minimum atomic E-state index is -0.190. The molecule has 8 aromatic carbocycles. The van der Waals surface area contributed by atoms with E-state index in [0.717, 1.165) is 71.3 Å². The first kappa shape index (κ1) is 21.7. The number of benzene rings is 8. The third kappa shape index (κ3) is 4.17. The molecule has 9 rings (SSSR count). The predicted octanol–water partition coefficient (Wildman–Crippen LogP) is 12.6. The molecule has 0 aliphatic rings. The van der Waals surface area contributed by atoms with E-state index in [9.17, 15) is 1.37 Å². The Bertz CT molecular complexity index is 2690. The molecule has 0 aliphatic heterocycles. The lowest BCUT2D eigenvalue weighted by Gasteiger charge is -2.19. The van der Waals surface area contributed by atoms with Gasteiger partial charge in [0.1, 0.15) is 11.2 Å². The Morgan fingerprint density at radius 2 is 0.911 bits per heavy atom. The monoisotopic (exact) mass is 576 g/mol. The van der Waals surface area contributed by atoms with E-state index in [-0.39, 0.29) is 24.2 Å². The van der Waals surface area contributed by atoms with Crippen LogP contribution in [-0.4, -0.2) is 0 Å². The molecule has 210 valence electrons. The molecular weight excluding hydrogens is 544 g/mol. The van der Waals surface area contributed by atoms with Crippen molar-refractivity contribution in [1.82, 2.24) is 0 Å². The zero-order valence-corrected chi connectivity index (χ0v) is 24.3. The Morgan fingerprint density at radius 3 is 1.56 bits per heavy atom. The Morgan fingerprint density at radius 1 is 0.400 bits per heavy atom. The molecule has 45 heavy (non-hydrogen) atoms. The molecule has 1 heterocycles. The molecule has 1 nitrogen and oxygen atoms in total. The van der Waals surface area contributed by atoms with Gasteiger partial charge >= 0.3 is 0 Å². The Labute approximate surface area is 267 Å². The standard InChI is InChI=1S/C44H28O/c1-3-14-29(15-4-1)31-18-13-19-32(26-31)42-34-20-7-9-22-36(34)43(37-23-10-8-21-35(37)42)33-27-39(30-16-5-2-6-17-30)44-38-24-11-12-25-40(38)45-41(44)28-33/h1-28H/i13D,18D,19D,26D. The van der Waals surface area contributed by atoms with Crippen molar-refractivity contribution in [3.8, 4) is 44.5 Å². The van der Waals surface area contributed by atoms with E-state index < -0.39 is 0 Å². The van der Waals surface area contributed by atoms with Gasteiger partial charge in [-0.05, 0) is 90.3 Å². The van der Waals surface area contributed by atoms with Crippen LogP contribution in [0.4, 0.5) is 0 Å². The summed E-state index contributed by atoms with van der Waals surface area (Å²) in [4.78, 5) is 0. The zero-order valence-electron chi connectivity index (χ0n) is 28.3. The first-order chi connectivity index (χ1) is 24.0. The normalized spacial score (nSPS) is 12.8. The number of hydrogen-bond donors (Lipinski definition) is 0. The minimum Gasteiger partial charge on any atom is -0.456 e. The van der Waals surface area contributed by atoms with Crippen LogP contribution >= 0.6 is 0 Å². The fourth-order valence-electron chi connectivity index (χ4n) is 6.77. The summed E-state index contributed by atoms with van der Waals surface area (Å²) in [5, 5.41) is 5.82. The van der Waals surface area contributed by atoms with Crippen LogP contribution in [0.3, 0.4) is 0 Å². The molecule has 0 unspecified atom stereocenters. The van der Waals surface area contributed by atoms with Crippen molar-refractivity contribution in [1.29, 1.82) is 0 Å². The molecule has 0 bridgehead atoms. The second-order valence-corrected chi connectivity index (χ2v) is 11.3. The van der Waals surface area contributed by atoms with Crippen LogP contribution in [0.15, 0.2) is 174 Å². The van der Waals surface area contributed by atoms with Gasteiger partial charge in [-0.3, -0.25) is 0 Å². The van der Waals surface area contributed by atoms with Gasteiger partial charge in [-0.15, -0.1) is 0 Å². The van der Waals surface area contributed by atoms with Crippen molar-refractivity contribution in [2.45, 2.75) is 0 Å². The fourth-order valence-corrected chi connectivity index (χ4v) is 6.77. The van der Waals surface area contributed by atoms with Gasteiger partial charge < -0.3 is 4.42 Å². The zero-order chi connectivity index (χ0) is 33.2. The van der Waals surface area contributed by atoms with Crippen LogP contribution in [0.25, 0.3) is 88.0 Å². The maximum Gasteiger partial charge on any atom is 0.136 e. The van der Waals surface area contributed by atoms with Gasteiger partial charge in [0.15, 0.2) is 0 Å². The van der Waals surface area contributed by atoms with E-state index in [2.05, 4.69) is 54.6 Å². The van der Waals surface area contributed by atoms with Gasteiger partial charge in [-0.25, -0.2) is 0 Å². The van der Waals surface area contributed by atoms with Crippen LogP contribution < -0.4 is 0 Å². The second-order valence-electron chi connectivity index (χ2n) is 11.3.